The van der Waals surface area contributed by atoms with Gasteiger partial charge in [-0.15, -0.1) is 0 Å². The molecule has 0 spiro atoms. The maximum atomic E-state index is 13.5. The molecule has 1 aromatic rings. The normalized spacial score (nSPS) is 15.8. The number of ether oxygens (including phenoxy) is 1. The molecule has 1 fully saturated rings. The molecule has 1 aromatic carbocycles. The Labute approximate surface area is 117 Å². The molecule has 110 valence electrons. The first-order valence-electron chi connectivity index (χ1n) is 6.89. The molecule has 0 aliphatic heterocycles. The molecule has 4 nitrogen and oxygen atoms in total. The second kappa shape index (κ2) is 6.70. The summed E-state index contributed by atoms with van der Waals surface area (Å²) in [4.78, 5) is 11.8. The fraction of sp³-hybridized carbons (Fsp3) is 0.533. The Morgan fingerprint density at radius 2 is 2.30 bits per heavy atom. The average Bonchev–Trinajstić information content (AvgIpc) is 3.24. The summed E-state index contributed by atoms with van der Waals surface area (Å²) in [5.41, 5.74) is 0.873. The van der Waals surface area contributed by atoms with Crippen LogP contribution in [-0.2, 0) is 4.79 Å². The zero-order chi connectivity index (χ0) is 14.5. The summed E-state index contributed by atoms with van der Waals surface area (Å²) in [5, 5.41) is 11.8. The van der Waals surface area contributed by atoms with Crippen molar-refractivity contribution in [3.05, 3.63) is 29.6 Å². The third-order valence-electron chi connectivity index (χ3n) is 3.42. The summed E-state index contributed by atoms with van der Waals surface area (Å²) >= 11 is 0. The molecule has 0 saturated heterocycles. The monoisotopic (exact) mass is 281 g/mol. The molecule has 0 aromatic heterocycles. The van der Waals surface area contributed by atoms with E-state index in [0.717, 1.165) is 18.4 Å². The van der Waals surface area contributed by atoms with Crippen molar-refractivity contribution >= 4 is 5.91 Å². The van der Waals surface area contributed by atoms with E-state index in [4.69, 9.17) is 9.84 Å². The third kappa shape index (κ3) is 4.20. The highest BCUT2D eigenvalue weighted by molar-refractivity contribution is 5.77. The van der Waals surface area contributed by atoms with Crippen molar-refractivity contribution in [3.8, 4) is 5.75 Å². The quantitative estimate of drug-likeness (QED) is 0.801. The first-order chi connectivity index (χ1) is 9.60. The van der Waals surface area contributed by atoms with Crippen LogP contribution >= 0.6 is 0 Å². The van der Waals surface area contributed by atoms with Crippen LogP contribution < -0.4 is 10.1 Å². The van der Waals surface area contributed by atoms with Gasteiger partial charge in [0.1, 0.15) is 0 Å². The van der Waals surface area contributed by atoms with Crippen LogP contribution in [0.25, 0.3) is 0 Å². The molecule has 1 aliphatic carbocycles. The van der Waals surface area contributed by atoms with Crippen molar-refractivity contribution in [2.24, 2.45) is 5.92 Å². The number of aliphatic hydroxyl groups is 1. The van der Waals surface area contributed by atoms with Crippen LogP contribution in [0.15, 0.2) is 18.2 Å². The molecule has 0 bridgehead atoms. The van der Waals surface area contributed by atoms with E-state index in [-0.39, 0.29) is 30.9 Å². The summed E-state index contributed by atoms with van der Waals surface area (Å²) < 4.78 is 18.7. The van der Waals surface area contributed by atoms with Crippen LogP contribution in [0.3, 0.4) is 0 Å². The zero-order valence-electron chi connectivity index (χ0n) is 11.6. The average molecular weight is 281 g/mol. The van der Waals surface area contributed by atoms with Crippen LogP contribution in [0.1, 0.15) is 24.8 Å². The second-order valence-corrected chi connectivity index (χ2v) is 5.25. The molecule has 2 N–H and O–H groups in total. The minimum Gasteiger partial charge on any atom is -0.481 e. The van der Waals surface area contributed by atoms with Gasteiger partial charge in [0.2, 0.25) is 0 Å². The van der Waals surface area contributed by atoms with Crippen LogP contribution in [0.4, 0.5) is 4.39 Å². The highest BCUT2D eigenvalue weighted by Gasteiger charge is 2.31. The van der Waals surface area contributed by atoms with E-state index in [1.54, 1.807) is 12.1 Å². The van der Waals surface area contributed by atoms with Gasteiger partial charge in [0.05, 0.1) is 0 Å². The molecule has 1 unspecified atom stereocenters. The van der Waals surface area contributed by atoms with Crippen molar-refractivity contribution in [2.45, 2.75) is 32.2 Å². The highest BCUT2D eigenvalue weighted by atomic mass is 19.1. The molecule has 0 heterocycles. The van der Waals surface area contributed by atoms with Crippen molar-refractivity contribution in [3.63, 3.8) is 0 Å². The van der Waals surface area contributed by atoms with E-state index in [1.165, 1.54) is 6.07 Å². The molecule has 0 radical (unpaired) electrons. The first-order valence-corrected chi connectivity index (χ1v) is 6.89. The Hall–Kier alpha value is -1.62. The fourth-order valence-electron chi connectivity index (χ4n) is 2.18. The molecule has 1 saturated carbocycles. The van der Waals surface area contributed by atoms with Gasteiger partial charge in [-0.2, -0.15) is 0 Å². The number of benzene rings is 1. The van der Waals surface area contributed by atoms with E-state index >= 15 is 0 Å². The van der Waals surface area contributed by atoms with E-state index in [1.807, 2.05) is 6.92 Å². The minimum atomic E-state index is -0.475. The number of rotatable bonds is 7. The number of hydrogen-bond acceptors (Lipinski definition) is 3. The molecule has 20 heavy (non-hydrogen) atoms. The predicted octanol–water partition coefficient (Wildman–Crippen LogP) is 1.79. The van der Waals surface area contributed by atoms with Gasteiger partial charge in [0.15, 0.2) is 18.2 Å². The SMILES string of the molecule is Cc1ccc(F)c(OCC(=O)NC(CCO)C2CC2)c1. The fourth-order valence-corrected chi connectivity index (χ4v) is 2.18. The Kier molecular flexibility index (Phi) is 4.95. The van der Waals surface area contributed by atoms with Gasteiger partial charge in [-0.3, -0.25) is 4.79 Å². The molecule has 1 amide bonds. The number of nitrogens with one attached hydrogen (secondary N) is 1. The van der Waals surface area contributed by atoms with E-state index in [0.29, 0.717) is 12.3 Å². The Balaban J connectivity index is 1.83. The van der Waals surface area contributed by atoms with Crippen LogP contribution in [0, 0.1) is 18.7 Å². The molecule has 5 heteroatoms. The smallest absolute Gasteiger partial charge is 0.258 e. The van der Waals surface area contributed by atoms with Gasteiger partial charge in [0.25, 0.3) is 5.91 Å². The maximum Gasteiger partial charge on any atom is 0.258 e. The standard InChI is InChI=1S/C15H20FNO3/c1-10-2-5-12(16)14(8-10)20-9-15(19)17-13(6-7-18)11-3-4-11/h2,5,8,11,13,18H,3-4,6-7,9H2,1H3,(H,17,19). The Morgan fingerprint density at radius 1 is 1.55 bits per heavy atom. The lowest BCUT2D eigenvalue weighted by Crippen LogP contribution is -2.39. The predicted molar refractivity (Wildman–Crippen MR) is 73.0 cm³/mol. The molecule has 1 atom stereocenters. The van der Waals surface area contributed by atoms with Crippen molar-refractivity contribution in [2.75, 3.05) is 13.2 Å². The van der Waals surface area contributed by atoms with Crippen LogP contribution in [0.2, 0.25) is 0 Å². The first kappa shape index (κ1) is 14.8. The van der Waals surface area contributed by atoms with Crippen molar-refractivity contribution < 1.29 is 19.0 Å². The minimum absolute atomic E-state index is 0.00143. The molecule has 1 aliphatic rings. The Morgan fingerprint density at radius 3 is 2.95 bits per heavy atom. The van der Waals surface area contributed by atoms with Gasteiger partial charge in [-0.1, -0.05) is 6.07 Å². The summed E-state index contributed by atoms with van der Waals surface area (Å²) in [5.74, 6) is -0.208. The highest BCUT2D eigenvalue weighted by Crippen LogP contribution is 2.33. The lowest BCUT2D eigenvalue weighted by atomic mass is 10.1. The lowest BCUT2D eigenvalue weighted by molar-refractivity contribution is -0.124. The number of carbonyl (C=O) groups excluding carboxylic acids is 1. The van der Waals surface area contributed by atoms with E-state index < -0.39 is 5.82 Å². The van der Waals surface area contributed by atoms with Gasteiger partial charge in [-0.05, 0) is 49.8 Å². The van der Waals surface area contributed by atoms with Gasteiger partial charge >= 0.3 is 0 Å². The van der Waals surface area contributed by atoms with Crippen molar-refractivity contribution in [1.82, 2.24) is 5.32 Å². The number of halogens is 1. The van der Waals surface area contributed by atoms with Gasteiger partial charge in [-0.25, -0.2) is 4.39 Å². The molecule has 2 rings (SSSR count). The van der Waals surface area contributed by atoms with Crippen molar-refractivity contribution in [1.29, 1.82) is 0 Å². The molecular formula is C15H20FNO3. The summed E-state index contributed by atoms with van der Waals surface area (Å²) in [6.07, 6.45) is 2.71. The van der Waals surface area contributed by atoms with Gasteiger partial charge in [0, 0.05) is 12.6 Å². The van der Waals surface area contributed by atoms with E-state index in [2.05, 4.69) is 5.32 Å². The number of hydrogen-bond donors (Lipinski definition) is 2. The van der Waals surface area contributed by atoms with Crippen LogP contribution in [0.5, 0.6) is 5.75 Å². The van der Waals surface area contributed by atoms with E-state index in [9.17, 15) is 9.18 Å². The second-order valence-electron chi connectivity index (χ2n) is 5.25. The molecular weight excluding hydrogens is 261 g/mol. The summed E-state index contributed by atoms with van der Waals surface area (Å²) in [6.45, 7) is 1.67. The lowest BCUT2D eigenvalue weighted by Gasteiger charge is -2.17. The summed E-state index contributed by atoms with van der Waals surface area (Å²) in [6, 6.07) is 4.53. The number of carbonyl (C=O) groups is 1. The number of aliphatic hydroxyl groups excluding tert-OH is 1. The number of amides is 1. The third-order valence-corrected chi connectivity index (χ3v) is 3.42. The topological polar surface area (TPSA) is 58.6 Å². The maximum absolute atomic E-state index is 13.5. The number of aryl methyl sites for hydroxylation is 1. The summed E-state index contributed by atoms with van der Waals surface area (Å²) in [7, 11) is 0. The largest absolute Gasteiger partial charge is 0.481 e. The van der Waals surface area contributed by atoms with Crippen LogP contribution in [-0.4, -0.2) is 30.3 Å². The van der Waals surface area contributed by atoms with Gasteiger partial charge < -0.3 is 15.2 Å². The zero-order valence-corrected chi connectivity index (χ0v) is 11.6. The Bertz CT molecular complexity index is 474.